The zero-order valence-electron chi connectivity index (χ0n) is 17.1. The lowest BCUT2D eigenvalue weighted by atomic mass is 9.89. The van der Waals surface area contributed by atoms with Crippen molar-refractivity contribution in [1.82, 2.24) is 9.62 Å². The minimum Gasteiger partial charge on any atom is -0.348 e. The summed E-state index contributed by atoms with van der Waals surface area (Å²) >= 11 is 5.89. The standard InChI is InChI=1S/C23H27ClN2O3S/c1-16(18-9-8-17-5-2-3-6-19(17)15-18)25-23(27)22-7-4-14-26(22)30(28,29)21-12-10-20(24)11-13-21/h8-13,15-16,22H,2-7,14H2,1H3,(H,25,27)/t16-,22+/m1/s1. The number of hydrogen-bond acceptors (Lipinski definition) is 3. The Bertz CT molecular complexity index is 1040. The molecule has 0 saturated carbocycles. The predicted molar refractivity (Wildman–Crippen MR) is 118 cm³/mol. The third kappa shape index (κ3) is 4.27. The summed E-state index contributed by atoms with van der Waals surface area (Å²) < 4.78 is 27.5. The van der Waals surface area contributed by atoms with Gasteiger partial charge in [0.15, 0.2) is 0 Å². The van der Waals surface area contributed by atoms with Gasteiger partial charge in [0.05, 0.1) is 10.9 Å². The highest BCUT2D eigenvalue weighted by atomic mass is 35.5. The molecule has 0 unspecified atom stereocenters. The van der Waals surface area contributed by atoms with E-state index in [-0.39, 0.29) is 16.8 Å². The van der Waals surface area contributed by atoms with Crippen LogP contribution in [0.4, 0.5) is 0 Å². The molecule has 5 nitrogen and oxygen atoms in total. The molecule has 2 atom stereocenters. The van der Waals surface area contributed by atoms with Crippen LogP contribution in [0.25, 0.3) is 0 Å². The normalized spacial score (nSPS) is 20.5. The fourth-order valence-electron chi connectivity index (χ4n) is 4.45. The van der Waals surface area contributed by atoms with Crippen LogP contribution in [0, 0.1) is 0 Å². The molecule has 1 aliphatic carbocycles. The van der Waals surface area contributed by atoms with Crippen molar-refractivity contribution in [2.45, 2.75) is 62.4 Å². The highest BCUT2D eigenvalue weighted by Gasteiger charge is 2.39. The Balaban J connectivity index is 1.49. The molecular weight excluding hydrogens is 420 g/mol. The molecule has 2 aromatic carbocycles. The summed E-state index contributed by atoms with van der Waals surface area (Å²) in [4.78, 5) is 13.2. The zero-order valence-corrected chi connectivity index (χ0v) is 18.7. The Kier molecular flexibility index (Phi) is 6.19. The van der Waals surface area contributed by atoms with Gasteiger partial charge in [0, 0.05) is 11.6 Å². The maximum Gasteiger partial charge on any atom is 0.243 e. The molecule has 0 spiro atoms. The van der Waals surface area contributed by atoms with E-state index in [1.165, 1.54) is 40.4 Å². The molecule has 1 aliphatic heterocycles. The minimum atomic E-state index is -3.75. The third-order valence-corrected chi connectivity index (χ3v) is 8.33. The molecule has 1 fully saturated rings. The largest absolute Gasteiger partial charge is 0.348 e. The lowest BCUT2D eigenvalue weighted by molar-refractivity contribution is -0.124. The molecule has 2 aromatic rings. The maximum absolute atomic E-state index is 13.1. The quantitative estimate of drug-likeness (QED) is 0.746. The lowest BCUT2D eigenvalue weighted by Gasteiger charge is -2.26. The summed E-state index contributed by atoms with van der Waals surface area (Å²) in [6.07, 6.45) is 5.83. The van der Waals surface area contributed by atoms with Gasteiger partial charge < -0.3 is 5.32 Å². The van der Waals surface area contributed by atoms with Crippen LogP contribution in [-0.4, -0.2) is 31.2 Å². The number of sulfonamides is 1. The highest BCUT2D eigenvalue weighted by molar-refractivity contribution is 7.89. The second-order valence-electron chi connectivity index (χ2n) is 8.19. The number of carbonyl (C=O) groups is 1. The van der Waals surface area contributed by atoms with Gasteiger partial charge in [0.25, 0.3) is 0 Å². The molecular formula is C23H27ClN2O3S. The van der Waals surface area contributed by atoms with Crippen LogP contribution in [0.15, 0.2) is 47.4 Å². The molecule has 0 aromatic heterocycles. The van der Waals surface area contributed by atoms with Gasteiger partial charge in [-0.25, -0.2) is 8.42 Å². The minimum absolute atomic E-state index is 0.161. The first kappa shape index (κ1) is 21.3. The van der Waals surface area contributed by atoms with Crippen molar-refractivity contribution in [2.24, 2.45) is 0 Å². The Morgan fingerprint density at radius 3 is 2.50 bits per heavy atom. The maximum atomic E-state index is 13.1. The van der Waals surface area contributed by atoms with E-state index in [1.807, 2.05) is 6.92 Å². The van der Waals surface area contributed by atoms with E-state index in [0.717, 1.165) is 18.4 Å². The number of carbonyl (C=O) groups excluding carboxylic acids is 1. The molecule has 1 heterocycles. The van der Waals surface area contributed by atoms with Crippen molar-refractivity contribution in [3.63, 3.8) is 0 Å². The number of fused-ring (bicyclic) bond motifs is 1. The number of aryl methyl sites for hydroxylation is 2. The lowest BCUT2D eigenvalue weighted by Crippen LogP contribution is -2.46. The van der Waals surface area contributed by atoms with Gasteiger partial charge in [0.1, 0.15) is 6.04 Å². The Morgan fingerprint density at radius 2 is 1.77 bits per heavy atom. The van der Waals surface area contributed by atoms with Gasteiger partial charge in [-0.2, -0.15) is 4.31 Å². The number of rotatable bonds is 5. The molecule has 30 heavy (non-hydrogen) atoms. The van der Waals surface area contributed by atoms with Crippen LogP contribution < -0.4 is 5.32 Å². The Morgan fingerprint density at radius 1 is 1.07 bits per heavy atom. The van der Waals surface area contributed by atoms with E-state index in [4.69, 9.17) is 11.6 Å². The van der Waals surface area contributed by atoms with E-state index in [0.29, 0.717) is 24.4 Å². The fraction of sp³-hybridized carbons (Fsp3) is 0.435. The van der Waals surface area contributed by atoms with Crippen molar-refractivity contribution in [3.05, 3.63) is 64.2 Å². The summed E-state index contributed by atoms with van der Waals surface area (Å²) in [7, 11) is -3.75. The summed E-state index contributed by atoms with van der Waals surface area (Å²) in [5.74, 6) is -0.241. The Labute approximate surface area is 183 Å². The van der Waals surface area contributed by atoms with Gasteiger partial charge in [-0.15, -0.1) is 0 Å². The average Bonchev–Trinajstić information content (AvgIpc) is 3.25. The van der Waals surface area contributed by atoms with Crippen molar-refractivity contribution in [2.75, 3.05) is 6.54 Å². The topological polar surface area (TPSA) is 66.5 Å². The number of halogens is 1. The van der Waals surface area contributed by atoms with Crippen molar-refractivity contribution < 1.29 is 13.2 Å². The molecule has 1 N–H and O–H groups in total. The van der Waals surface area contributed by atoms with Gasteiger partial charge in [-0.1, -0.05) is 29.8 Å². The van der Waals surface area contributed by atoms with E-state index in [2.05, 4.69) is 23.5 Å². The van der Waals surface area contributed by atoms with Crippen molar-refractivity contribution in [1.29, 1.82) is 0 Å². The second-order valence-corrected chi connectivity index (χ2v) is 10.5. The van der Waals surface area contributed by atoms with Gasteiger partial charge in [-0.05, 0) is 86.4 Å². The first-order valence-corrected chi connectivity index (χ1v) is 12.4. The summed E-state index contributed by atoms with van der Waals surface area (Å²) in [5.41, 5.74) is 3.83. The number of nitrogens with one attached hydrogen (secondary N) is 1. The second kappa shape index (κ2) is 8.69. The van der Waals surface area contributed by atoms with Crippen molar-refractivity contribution in [3.8, 4) is 0 Å². The van der Waals surface area contributed by atoms with E-state index >= 15 is 0 Å². The van der Waals surface area contributed by atoms with Crippen LogP contribution in [0.3, 0.4) is 0 Å². The molecule has 4 rings (SSSR count). The van der Waals surface area contributed by atoms with Gasteiger partial charge in [-0.3, -0.25) is 4.79 Å². The first-order chi connectivity index (χ1) is 14.4. The molecule has 0 bridgehead atoms. The number of benzene rings is 2. The third-order valence-electron chi connectivity index (χ3n) is 6.16. The molecule has 160 valence electrons. The highest BCUT2D eigenvalue weighted by Crippen LogP contribution is 2.28. The molecule has 2 aliphatic rings. The number of hydrogen-bond donors (Lipinski definition) is 1. The first-order valence-electron chi connectivity index (χ1n) is 10.6. The summed E-state index contributed by atoms with van der Waals surface area (Å²) in [6, 6.07) is 11.6. The fourth-order valence-corrected chi connectivity index (χ4v) is 6.23. The van der Waals surface area contributed by atoms with E-state index in [9.17, 15) is 13.2 Å². The van der Waals surface area contributed by atoms with Crippen LogP contribution in [0.1, 0.15) is 55.3 Å². The smallest absolute Gasteiger partial charge is 0.243 e. The van der Waals surface area contributed by atoms with Crippen LogP contribution in [0.5, 0.6) is 0 Å². The average molecular weight is 447 g/mol. The van der Waals surface area contributed by atoms with Gasteiger partial charge in [0.2, 0.25) is 15.9 Å². The SMILES string of the molecule is C[C@@H](NC(=O)[C@@H]1CCCN1S(=O)(=O)c1ccc(Cl)cc1)c1ccc2c(c1)CCCC2. The zero-order chi connectivity index (χ0) is 21.3. The summed E-state index contributed by atoms with van der Waals surface area (Å²) in [6.45, 7) is 2.30. The van der Waals surface area contributed by atoms with Gasteiger partial charge >= 0.3 is 0 Å². The summed E-state index contributed by atoms with van der Waals surface area (Å²) in [5, 5.41) is 3.52. The monoisotopic (exact) mass is 446 g/mol. The van der Waals surface area contributed by atoms with Crippen LogP contribution in [-0.2, 0) is 27.7 Å². The van der Waals surface area contributed by atoms with E-state index < -0.39 is 16.1 Å². The predicted octanol–water partition coefficient (Wildman–Crippen LogP) is 4.25. The van der Waals surface area contributed by atoms with Crippen LogP contribution >= 0.6 is 11.6 Å². The van der Waals surface area contributed by atoms with E-state index in [1.54, 1.807) is 12.1 Å². The van der Waals surface area contributed by atoms with Crippen LogP contribution in [0.2, 0.25) is 5.02 Å². The molecule has 7 heteroatoms. The number of nitrogens with zero attached hydrogens (tertiary/aromatic N) is 1. The molecule has 1 saturated heterocycles. The molecule has 0 radical (unpaired) electrons. The Hall–Kier alpha value is -1.89. The number of amides is 1. The molecule has 1 amide bonds. The van der Waals surface area contributed by atoms with Crippen molar-refractivity contribution >= 4 is 27.5 Å².